The lowest BCUT2D eigenvalue weighted by Gasteiger charge is -2.54. The molecule has 1 fully saturated rings. The fourth-order valence-electron chi connectivity index (χ4n) is 6.27. The third-order valence-corrected chi connectivity index (χ3v) is 7.73. The zero-order valence-electron chi connectivity index (χ0n) is 23.0. The van der Waals surface area contributed by atoms with Crippen molar-refractivity contribution in [3.8, 4) is 0 Å². The van der Waals surface area contributed by atoms with Crippen LogP contribution in [0.25, 0.3) is 0 Å². The first-order valence-corrected chi connectivity index (χ1v) is 13.2. The van der Waals surface area contributed by atoms with Gasteiger partial charge in [0.2, 0.25) is 5.91 Å². The second kappa shape index (κ2) is 11.9. The molecule has 3 atom stereocenters. The zero-order chi connectivity index (χ0) is 30.8. The lowest BCUT2D eigenvalue weighted by molar-refractivity contribution is -0.139. The van der Waals surface area contributed by atoms with Crippen molar-refractivity contribution in [3.63, 3.8) is 0 Å². The Hall–Kier alpha value is -4.97. The number of carboxylic acid groups (broad SMARTS) is 4. The fourth-order valence-corrected chi connectivity index (χ4v) is 6.27. The lowest BCUT2D eigenvalue weighted by Crippen LogP contribution is -2.66. The van der Waals surface area contributed by atoms with Crippen LogP contribution in [0, 0.1) is 0 Å². The minimum atomic E-state index is -2.23. The summed E-state index contributed by atoms with van der Waals surface area (Å²) in [4.78, 5) is 65.7. The van der Waals surface area contributed by atoms with Crippen LogP contribution in [0.1, 0.15) is 42.4 Å². The molecule has 12 nitrogen and oxygen atoms in total. The normalized spacial score (nSPS) is 22.8. The predicted octanol–water partition coefficient (Wildman–Crippen LogP) is 2.21. The molecule has 220 valence electrons. The van der Waals surface area contributed by atoms with Crippen molar-refractivity contribution < 1.29 is 44.4 Å². The van der Waals surface area contributed by atoms with Crippen molar-refractivity contribution in [2.24, 2.45) is 0 Å². The van der Waals surface area contributed by atoms with E-state index in [1.807, 2.05) is 4.90 Å². The maximum Gasteiger partial charge on any atom is 0.336 e. The summed E-state index contributed by atoms with van der Waals surface area (Å²) in [5, 5.41) is 42.9. The molecule has 0 aliphatic carbocycles. The maximum atomic E-state index is 12.9. The fraction of sp³-hybridized carbons (Fsp3) is 0.300. The molecule has 2 aromatic rings. The molecule has 12 heteroatoms. The molecule has 4 rings (SSSR count). The monoisotopic (exact) mass is 577 g/mol. The van der Waals surface area contributed by atoms with E-state index in [2.05, 4.69) is 5.32 Å². The van der Waals surface area contributed by atoms with E-state index >= 15 is 0 Å². The first kappa shape index (κ1) is 30.0. The molecule has 0 bridgehead atoms. The van der Waals surface area contributed by atoms with Crippen LogP contribution in [0.15, 0.2) is 71.8 Å². The lowest BCUT2D eigenvalue weighted by atomic mass is 9.69. The van der Waals surface area contributed by atoms with Crippen molar-refractivity contribution in [1.29, 1.82) is 0 Å². The van der Waals surface area contributed by atoms with Crippen molar-refractivity contribution >= 4 is 35.5 Å². The van der Waals surface area contributed by atoms with Crippen LogP contribution in [-0.4, -0.2) is 81.3 Å². The number of benzene rings is 2. The van der Waals surface area contributed by atoms with Crippen molar-refractivity contribution in [2.75, 3.05) is 25.0 Å². The summed E-state index contributed by atoms with van der Waals surface area (Å²) in [6.07, 6.45) is 2.70. The number of anilines is 1. The van der Waals surface area contributed by atoms with Crippen LogP contribution in [0.2, 0.25) is 0 Å². The number of nitrogens with zero attached hydrogens (tertiary/aromatic N) is 2. The van der Waals surface area contributed by atoms with Gasteiger partial charge in [0.1, 0.15) is 0 Å². The smallest absolute Gasteiger partial charge is 0.336 e. The van der Waals surface area contributed by atoms with Crippen molar-refractivity contribution in [3.05, 3.63) is 88.5 Å². The standard InChI is InChI=1S/C30H31N3O9/c1-17(34)31-30(21(29(41)42)16-24(37)38)26-19(11-8-12-22(26)33-13-6-7-14-33)25(18-9-4-3-5-10-18)27(32(30)2)20(28(39)40)15-23(35)36/h3-5,8-12,15-16,25,27H,6-7,13-14H2,1-2H3,(H,31,34)(H,35,36)(H,37,38)(H,39,40)(H,41,42). The first-order valence-electron chi connectivity index (χ1n) is 13.2. The van der Waals surface area contributed by atoms with Gasteiger partial charge in [-0.1, -0.05) is 42.5 Å². The Morgan fingerprint density at radius 2 is 1.48 bits per heavy atom. The molecule has 0 aromatic heterocycles. The molecule has 2 heterocycles. The number of hydrogen-bond donors (Lipinski definition) is 5. The summed E-state index contributed by atoms with van der Waals surface area (Å²) < 4.78 is 0. The molecular formula is C30H31N3O9. The summed E-state index contributed by atoms with van der Waals surface area (Å²) in [5.74, 6) is -7.99. The summed E-state index contributed by atoms with van der Waals surface area (Å²) >= 11 is 0. The van der Waals surface area contributed by atoms with Crippen LogP contribution >= 0.6 is 0 Å². The van der Waals surface area contributed by atoms with E-state index in [0.717, 1.165) is 19.8 Å². The second-order valence-electron chi connectivity index (χ2n) is 10.2. The highest BCUT2D eigenvalue weighted by Crippen LogP contribution is 2.53. The van der Waals surface area contributed by atoms with E-state index in [4.69, 9.17) is 0 Å². The number of carboxylic acids is 4. The second-order valence-corrected chi connectivity index (χ2v) is 10.2. The van der Waals surface area contributed by atoms with Gasteiger partial charge in [0.05, 0.1) is 17.2 Å². The minimum absolute atomic E-state index is 0.268. The number of aliphatic carboxylic acids is 4. The van der Waals surface area contributed by atoms with Gasteiger partial charge in [-0.05, 0) is 37.1 Å². The highest BCUT2D eigenvalue weighted by Gasteiger charge is 2.57. The SMILES string of the molecule is CC(=O)NC1(C(=CC(=O)O)C(=O)O)c2c(cccc2N2CCCC2)C(c2ccccc2)C(C(=CC(=O)O)C(=O)O)N1C. The summed E-state index contributed by atoms with van der Waals surface area (Å²) in [7, 11) is 1.36. The number of nitrogens with one attached hydrogen (secondary N) is 1. The molecule has 1 amide bonds. The van der Waals surface area contributed by atoms with Gasteiger partial charge in [-0.2, -0.15) is 0 Å². The zero-order valence-corrected chi connectivity index (χ0v) is 23.0. The molecule has 0 saturated carbocycles. The third kappa shape index (κ3) is 5.36. The number of likely N-dealkylation sites (N-methyl/N-ethyl adjacent to an activating group) is 1. The van der Waals surface area contributed by atoms with E-state index in [-0.39, 0.29) is 5.56 Å². The van der Waals surface area contributed by atoms with Gasteiger partial charge in [-0.15, -0.1) is 0 Å². The maximum absolute atomic E-state index is 12.9. The predicted molar refractivity (Wildman–Crippen MR) is 150 cm³/mol. The molecule has 1 saturated heterocycles. The number of rotatable bonds is 9. The molecule has 42 heavy (non-hydrogen) atoms. The average Bonchev–Trinajstić information content (AvgIpc) is 3.46. The van der Waals surface area contributed by atoms with Gasteiger partial charge in [0.15, 0.2) is 5.66 Å². The van der Waals surface area contributed by atoms with Gasteiger partial charge in [0.25, 0.3) is 0 Å². The molecule has 0 spiro atoms. The Morgan fingerprint density at radius 3 is 2.00 bits per heavy atom. The van der Waals surface area contributed by atoms with Crippen LogP contribution < -0.4 is 10.2 Å². The van der Waals surface area contributed by atoms with Crippen LogP contribution in [0.3, 0.4) is 0 Å². The van der Waals surface area contributed by atoms with Crippen LogP contribution in [0.5, 0.6) is 0 Å². The molecule has 2 aliphatic rings. The summed E-state index contributed by atoms with van der Waals surface area (Å²) in [5.41, 5.74) is -1.75. The van der Waals surface area contributed by atoms with Gasteiger partial charge in [-0.25, -0.2) is 19.2 Å². The number of hydrogen-bond acceptors (Lipinski definition) is 7. The van der Waals surface area contributed by atoms with Gasteiger partial charge in [-0.3, -0.25) is 9.69 Å². The molecule has 5 N–H and O–H groups in total. The Morgan fingerprint density at radius 1 is 0.857 bits per heavy atom. The molecule has 2 aromatic carbocycles. The van der Waals surface area contributed by atoms with E-state index in [0.29, 0.717) is 42.1 Å². The Labute approximate surface area is 241 Å². The average molecular weight is 578 g/mol. The van der Waals surface area contributed by atoms with Gasteiger partial charge in [0, 0.05) is 49.3 Å². The van der Waals surface area contributed by atoms with E-state index in [1.54, 1.807) is 48.5 Å². The van der Waals surface area contributed by atoms with Crippen molar-refractivity contribution in [1.82, 2.24) is 10.2 Å². The number of fused-ring (bicyclic) bond motifs is 1. The first-order chi connectivity index (χ1) is 19.9. The van der Waals surface area contributed by atoms with Crippen LogP contribution in [0.4, 0.5) is 5.69 Å². The van der Waals surface area contributed by atoms with E-state index in [9.17, 15) is 44.4 Å². The number of carbonyl (C=O) groups excluding carboxylic acids is 1. The van der Waals surface area contributed by atoms with Crippen LogP contribution in [-0.2, 0) is 29.6 Å². The largest absolute Gasteiger partial charge is 0.478 e. The third-order valence-electron chi connectivity index (χ3n) is 7.73. The number of carbonyl (C=O) groups is 5. The van der Waals surface area contributed by atoms with Crippen molar-refractivity contribution in [2.45, 2.75) is 37.4 Å². The Kier molecular flexibility index (Phi) is 8.48. The molecule has 2 aliphatic heterocycles. The molecule has 0 radical (unpaired) electrons. The number of amides is 1. The Bertz CT molecular complexity index is 1490. The highest BCUT2D eigenvalue weighted by atomic mass is 16.4. The van der Waals surface area contributed by atoms with Gasteiger partial charge < -0.3 is 30.6 Å². The quantitative estimate of drug-likeness (QED) is 0.275. The summed E-state index contributed by atoms with van der Waals surface area (Å²) in [6.45, 7) is 2.36. The summed E-state index contributed by atoms with van der Waals surface area (Å²) in [6, 6.07) is 12.5. The van der Waals surface area contributed by atoms with E-state index < -0.39 is 58.6 Å². The highest BCUT2D eigenvalue weighted by molar-refractivity contribution is 6.00. The van der Waals surface area contributed by atoms with Gasteiger partial charge >= 0.3 is 23.9 Å². The van der Waals surface area contributed by atoms with E-state index in [1.165, 1.54) is 11.9 Å². The minimum Gasteiger partial charge on any atom is -0.478 e. The Balaban J connectivity index is 2.26. The molecule has 3 unspecified atom stereocenters. The molecular weight excluding hydrogens is 546 g/mol. The topological polar surface area (TPSA) is 185 Å².